The number of carbonyl (C=O) groups excluding carboxylic acids is 1. The topological polar surface area (TPSA) is 42.0 Å². The predicted molar refractivity (Wildman–Crippen MR) is 128 cm³/mol. The lowest BCUT2D eigenvalue weighted by molar-refractivity contribution is -0.122. The number of allylic oxidation sites excluding steroid dienone is 7. The first-order chi connectivity index (χ1) is 15.5. The number of carbonyl (C=O) groups is 1. The van der Waals surface area contributed by atoms with Crippen molar-refractivity contribution in [1.82, 2.24) is 9.80 Å². The van der Waals surface area contributed by atoms with E-state index in [9.17, 15) is 4.79 Å². The molecule has 1 aromatic rings. The SMILES string of the molecule is COc1ccc(C2=CC(=O)N3C=C(C4=CCN(C(C)C)CC4)C=C/C3=C\C=C2)cc1OC. The van der Waals surface area contributed by atoms with Crippen LogP contribution in [0, 0.1) is 0 Å². The predicted octanol–water partition coefficient (Wildman–Crippen LogP) is 4.86. The van der Waals surface area contributed by atoms with Crippen LogP contribution in [0.2, 0.25) is 0 Å². The van der Waals surface area contributed by atoms with Crippen LogP contribution in [0.3, 0.4) is 0 Å². The number of benzene rings is 1. The molecule has 0 atom stereocenters. The summed E-state index contributed by atoms with van der Waals surface area (Å²) in [7, 11) is 3.22. The Morgan fingerprint density at radius 3 is 2.50 bits per heavy atom. The minimum Gasteiger partial charge on any atom is -0.493 e. The fraction of sp³-hybridized carbons (Fsp3) is 0.296. The molecule has 0 bridgehead atoms. The highest BCUT2D eigenvalue weighted by molar-refractivity contribution is 6.00. The van der Waals surface area contributed by atoms with Crippen LogP contribution < -0.4 is 9.47 Å². The Balaban J connectivity index is 1.62. The molecule has 0 spiro atoms. The zero-order chi connectivity index (χ0) is 22.7. The fourth-order valence-electron chi connectivity index (χ4n) is 4.14. The molecule has 1 amide bonds. The smallest absolute Gasteiger partial charge is 0.255 e. The molecule has 166 valence electrons. The molecule has 1 aromatic carbocycles. The van der Waals surface area contributed by atoms with Gasteiger partial charge in [-0.25, -0.2) is 0 Å². The molecule has 3 aliphatic rings. The number of hydrogen-bond acceptors (Lipinski definition) is 4. The maximum Gasteiger partial charge on any atom is 0.255 e. The van der Waals surface area contributed by atoms with Crippen molar-refractivity contribution in [2.45, 2.75) is 26.3 Å². The number of rotatable bonds is 5. The Morgan fingerprint density at radius 2 is 1.81 bits per heavy atom. The molecule has 3 heterocycles. The Kier molecular flexibility index (Phi) is 6.47. The van der Waals surface area contributed by atoms with Crippen LogP contribution in [-0.2, 0) is 4.79 Å². The van der Waals surface area contributed by atoms with Crippen LogP contribution in [-0.4, -0.2) is 49.1 Å². The third-order valence-electron chi connectivity index (χ3n) is 6.10. The Hall–Kier alpha value is -3.31. The van der Waals surface area contributed by atoms with Crippen molar-refractivity contribution in [3.63, 3.8) is 0 Å². The summed E-state index contributed by atoms with van der Waals surface area (Å²) in [4.78, 5) is 17.4. The van der Waals surface area contributed by atoms with E-state index in [1.807, 2.05) is 48.7 Å². The van der Waals surface area contributed by atoms with Gasteiger partial charge in [0, 0.05) is 37.1 Å². The molecule has 3 aliphatic heterocycles. The molecule has 0 radical (unpaired) electrons. The third-order valence-corrected chi connectivity index (χ3v) is 6.10. The Morgan fingerprint density at radius 1 is 1.00 bits per heavy atom. The van der Waals surface area contributed by atoms with Crippen molar-refractivity contribution in [1.29, 1.82) is 0 Å². The third kappa shape index (κ3) is 4.48. The highest BCUT2D eigenvalue weighted by Gasteiger charge is 2.22. The summed E-state index contributed by atoms with van der Waals surface area (Å²) >= 11 is 0. The number of methoxy groups -OCH3 is 2. The van der Waals surface area contributed by atoms with E-state index in [-0.39, 0.29) is 5.91 Å². The van der Waals surface area contributed by atoms with Crippen molar-refractivity contribution in [3.8, 4) is 11.5 Å². The molecule has 0 saturated heterocycles. The van der Waals surface area contributed by atoms with Crippen molar-refractivity contribution in [3.05, 3.63) is 89.3 Å². The molecule has 5 heteroatoms. The highest BCUT2D eigenvalue weighted by atomic mass is 16.5. The average molecular weight is 431 g/mol. The molecule has 32 heavy (non-hydrogen) atoms. The van der Waals surface area contributed by atoms with E-state index < -0.39 is 0 Å². The zero-order valence-corrected chi connectivity index (χ0v) is 19.2. The summed E-state index contributed by atoms with van der Waals surface area (Å²) < 4.78 is 10.8. The van der Waals surface area contributed by atoms with Crippen molar-refractivity contribution in [2.75, 3.05) is 27.3 Å². The van der Waals surface area contributed by atoms with Crippen LogP contribution in [0.4, 0.5) is 0 Å². The van der Waals surface area contributed by atoms with Crippen LogP contribution >= 0.6 is 0 Å². The maximum atomic E-state index is 13.2. The highest BCUT2D eigenvalue weighted by Crippen LogP contribution is 2.32. The van der Waals surface area contributed by atoms with Gasteiger partial charge in [0.05, 0.1) is 14.2 Å². The summed E-state index contributed by atoms with van der Waals surface area (Å²) in [5, 5.41) is 0. The molecular formula is C27H30N2O3. The van der Waals surface area contributed by atoms with Crippen LogP contribution in [0.5, 0.6) is 11.5 Å². The summed E-state index contributed by atoms with van der Waals surface area (Å²) in [5.41, 5.74) is 4.97. The Labute approximate surface area is 190 Å². The van der Waals surface area contributed by atoms with Gasteiger partial charge >= 0.3 is 0 Å². The van der Waals surface area contributed by atoms with E-state index >= 15 is 0 Å². The standard InChI is InChI=1S/C27H30N2O3/c1-19(2)28-14-12-20(13-15-28)23-8-10-24-7-5-6-21(17-27(30)29(24)18-23)22-9-11-25(31-3)26(16-22)32-4/h5-12,16-19H,13-15H2,1-4H3/b6-5?,21-17?,24-7+. The lowest BCUT2D eigenvalue weighted by Crippen LogP contribution is -2.35. The summed E-state index contributed by atoms with van der Waals surface area (Å²) in [6.45, 7) is 6.44. The summed E-state index contributed by atoms with van der Waals surface area (Å²) in [5.74, 6) is 1.21. The summed E-state index contributed by atoms with van der Waals surface area (Å²) in [6.07, 6.45) is 16.9. The van der Waals surface area contributed by atoms with Gasteiger partial charge in [-0.05, 0) is 66.8 Å². The largest absolute Gasteiger partial charge is 0.493 e. The number of ether oxygens (including phenoxy) is 2. The number of nitrogens with zero attached hydrogens (tertiary/aromatic N) is 2. The zero-order valence-electron chi connectivity index (χ0n) is 19.2. The number of hydrogen-bond donors (Lipinski definition) is 0. The average Bonchev–Trinajstić information content (AvgIpc) is 2.81. The molecule has 0 saturated carbocycles. The lowest BCUT2D eigenvalue weighted by atomic mass is 9.96. The van der Waals surface area contributed by atoms with Gasteiger partial charge < -0.3 is 9.47 Å². The second-order valence-electron chi connectivity index (χ2n) is 8.31. The first-order valence-electron chi connectivity index (χ1n) is 11.0. The summed E-state index contributed by atoms with van der Waals surface area (Å²) in [6, 6.07) is 6.22. The van der Waals surface area contributed by atoms with Gasteiger partial charge in [-0.3, -0.25) is 14.6 Å². The second-order valence-corrected chi connectivity index (χ2v) is 8.31. The van der Waals surface area contributed by atoms with Gasteiger partial charge in [0.2, 0.25) is 0 Å². The molecule has 0 N–H and O–H groups in total. The Bertz CT molecular complexity index is 1090. The van der Waals surface area contributed by atoms with E-state index in [0.717, 1.165) is 41.9 Å². The van der Waals surface area contributed by atoms with Crippen LogP contribution in [0.1, 0.15) is 25.8 Å². The molecule has 5 nitrogen and oxygen atoms in total. The van der Waals surface area contributed by atoms with E-state index in [1.165, 1.54) is 5.57 Å². The van der Waals surface area contributed by atoms with Gasteiger partial charge in [0.25, 0.3) is 5.91 Å². The van der Waals surface area contributed by atoms with Gasteiger partial charge in [0.1, 0.15) is 0 Å². The number of fused-ring (bicyclic) bond motifs is 1. The lowest BCUT2D eigenvalue weighted by Gasteiger charge is -2.31. The van der Waals surface area contributed by atoms with Crippen LogP contribution in [0.15, 0.2) is 83.8 Å². The normalized spacial score (nSPS) is 20.5. The minimum absolute atomic E-state index is 0.0764. The monoisotopic (exact) mass is 430 g/mol. The van der Waals surface area contributed by atoms with Crippen molar-refractivity contribution >= 4 is 11.5 Å². The molecular weight excluding hydrogens is 400 g/mol. The van der Waals surface area contributed by atoms with Crippen LogP contribution in [0.25, 0.3) is 5.57 Å². The first kappa shape index (κ1) is 21.9. The van der Waals surface area contributed by atoms with E-state index in [4.69, 9.17) is 9.47 Å². The molecule has 0 fully saturated rings. The van der Waals surface area contributed by atoms with Gasteiger partial charge in [-0.1, -0.05) is 30.4 Å². The van der Waals surface area contributed by atoms with Crippen molar-refractivity contribution < 1.29 is 14.3 Å². The van der Waals surface area contributed by atoms with Gasteiger partial charge in [-0.15, -0.1) is 0 Å². The van der Waals surface area contributed by atoms with Crippen molar-refractivity contribution in [2.24, 2.45) is 0 Å². The van der Waals surface area contributed by atoms with Gasteiger partial charge in [0.15, 0.2) is 11.5 Å². The maximum absolute atomic E-state index is 13.2. The van der Waals surface area contributed by atoms with E-state index in [1.54, 1.807) is 25.2 Å². The van der Waals surface area contributed by atoms with E-state index in [0.29, 0.717) is 17.5 Å². The molecule has 4 rings (SSSR count). The van der Waals surface area contributed by atoms with E-state index in [2.05, 4.69) is 30.9 Å². The number of amides is 1. The molecule has 0 aliphatic carbocycles. The second kappa shape index (κ2) is 9.45. The fourth-order valence-corrected chi connectivity index (χ4v) is 4.14. The quantitative estimate of drug-likeness (QED) is 0.669. The first-order valence-corrected chi connectivity index (χ1v) is 11.0. The minimum atomic E-state index is -0.0764. The molecule has 0 unspecified atom stereocenters. The van der Waals surface area contributed by atoms with Gasteiger partial charge in [-0.2, -0.15) is 0 Å². The molecule has 0 aromatic heterocycles.